The molecule has 0 unspecified atom stereocenters. The SMILES string of the molecule is CCCCCCCCCCCCCCCC(=O)N[C@H]1CCCNC(=O)[C@@H]2C[C@@H](O)CN2C(=O)[C@H](O)NC(=O)[C@H](CCc2ccc(O)cc2)NC(=O)[C@@H]2C[C@@H](O)CN2C(=O)[C@H]([C@@H](C)O)NC1=O. The number of carbonyl (C=O) groups excluding carboxylic acids is 7. The minimum atomic E-state index is -2.19. The maximum Gasteiger partial charge on any atom is 0.273 e. The van der Waals surface area contributed by atoms with Crippen LogP contribution in [0.3, 0.4) is 0 Å². The van der Waals surface area contributed by atoms with Crippen molar-refractivity contribution in [3.63, 3.8) is 0 Å². The Morgan fingerprint density at radius 2 is 1.26 bits per heavy atom. The molecule has 0 bridgehead atoms. The van der Waals surface area contributed by atoms with E-state index in [2.05, 4.69) is 33.5 Å². The third kappa shape index (κ3) is 17.1. The zero-order valence-electron chi connectivity index (χ0n) is 38.8. The van der Waals surface area contributed by atoms with Crippen LogP contribution < -0.4 is 26.6 Å². The summed E-state index contributed by atoms with van der Waals surface area (Å²) in [7, 11) is 0. The van der Waals surface area contributed by atoms with Gasteiger partial charge in [-0.05, 0) is 56.7 Å². The van der Waals surface area contributed by atoms with Crippen LogP contribution >= 0.6 is 0 Å². The number of phenols is 1. The molecule has 0 aromatic heterocycles. The molecular weight excluding hydrogens is 855 g/mol. The van der Waals surface area contributed by atoms with E-state index in [0.717, 1.165) is 35.5 Å². The van der Waals surface area contributed by atoms with Crippen LogP contribution in [0, 0.1) is 0 Å². The lowest BCUT2D eigenvalue weighted by Crippen LogP contribution is -2.61. The number of aliphatic hydroxyl groups is 4. The van der Waals surface area contributed by atoms with Gasteiger partial charge < -0.3 is 61.9 Å². The van der Waals surface area contributed by atoms with Gasteiger partial charge in [-0.2, -0.15) is 0 Å². The van der Waals surface area contributed by atoms with E-state index >= 15 is 0 Å². The number of amides is 7. The minimum Gasteiger partial charge on any atom is -0.508 e. The van der Waals surface area contributed by atoms with Gasteiger partial charge in [-0.3, -0.25) is 33.6 Å². The third-order valence-electron chi connectivity index (χ3n) is 12.7. The van der Waals surface area contributed by atoms with Crippen molar-refractivity contribution in [1.82, 2.24) is 36.4 Å². The second-order valence-corrected chi connectivity index (χ2v) is 18.2. The van der Waals surface area contributed by atoms with E-state index in [-0.39, 0.29) is 70.3 Å². The van der Waals surface area contributed by atoms with Crippen LogP contribution in [0.25, 0.3) is 0 Å². The van der Waals surface area contributed by atoms with Gasteiger partial charge in [0, 0.05) is 38.9 Å². The van der Waals surface area contributed by atoms with E-state index in [1.165, 1.54) is 70.4 Å². The molecule has 0 saturated carbocycles. The highest BCUT2D eigenvalue weighted by Gasteiger charge is 2.45. The number of hydrogen-bond donors (Lipinski definition) is 10. The number of aliphatic hydroxyl groups excluding tert-OH is 4. The summed E-state index contributed by atoms with van der Waals surface area (Å²) in [6.07, 6.45) is 8.61. The number of rotatable bonds is 19. The molecule has 3 heterocycles. The largest absolute Gasteiger partial charge is 0.508 e. The summed E-state index contributed by atoms with van der Waals surface area (Å²) >= 11 is 0. The smallest absolute Gasteiger partial charge is 0.273 e. The molecule has 66 heavy (non-hydrogen) atoms. The highest BCUT2D eigenvalue weighted by atomic mass is 16.3. The van der Waals surface area contributed by atoms with Gasteiger partial charge in [0.05, 0.1) is 18.3 Å². The van der Waals surface area contributed by atoms with Gasteiger partial charge >= 0.3 is 0 Å². The molecule has 0 aliphatic carbocycles. The maximum absolute atomic E-state index is 14.1. The Labute approximate surface area is 388 Å². The van der Waals surface area contributed by atoms with Crippen molar-refractivity contribution in [3.8, 4) is 5.75 Å². The van der Waals surface area contributed by atoms with E-state index in [4.69, 9.17) is 0 Å². The topological polar surface area (TPSA) is 287 Å². The predicted octanol–water partition coefficient (Wildman–Crippen LogP) is 0.910. The molecule has 1 aromatic carbocycles. The van der Waals surface area contributed by atoms with E-state index in [0.29, 0.717) is 12.0 Å². The van der Waals surface area contributed by atoms with Crippen LogP contribution in [0.1, 0.15) is 141 Å². The van der Waals surface area contributed by atoms with Gasteiger partial charge in [-0.15, -0.1) is 0 Å². The van der Waals surface area contributed by atoms with Crippen LogP contribution in [0.15, 0.2) is 24.3 Å². The molecule has 370 valence electrons. The summed E-state index contributed by atoms with van der Waals surface area (Å²) in [4.78, 5) is 98.0. The number of unbranched alkanes of at least 4 members (excludes halogenated alkanes) is 12. The lowest BCUT2D eigenvalue weighted by molar-refractivity contribution is -0.149. The summed E-state index contributed by atoms with van der Waals surface area (Å²) in [5.74, 6) is -5.74. The molecule has 4 rings (SSSR count). The molecule has 10 N–H and O–H groups in total. The standard InChI is InChI=1S/C47H75N7O12/c1-3-4-5-6-7-8-9-10-11-12-13-14-15-18-39(59)49-35-17-16-25-48-43(62)37-26-33(57)29-54(37)47(66)45(64)52-42(61)36(24-21-31-19-22-32(56)23-20-31)50-44(63)38-27-34(58)28-53(38)46(65)40(30(2)55)51-41(35)60/h19-20,22-23,30,33-38,40,45,55-58,64H,3-18,21,24-29H2,1-2H3,(H,48,62)(H,49,59)(H,50,63)(H,51,60)(H,52,61)/t30-,33-,34-,35+,36+,37+,38+,40+,45+/m1/s1. The van der Waals surface area contributed by atoms with Crippen LogP contribution in [-0.2, 0) is 40.0 Å². The van der Waals surface area contributed by atoms with E-state index in [9.17, 15) is 59.1 Å². The molecule has 0 spiro atoms. The van der Waals surface area contributed by atoms with Crippen LogP contribution in [0.2, 0.25) is 0 Å². The summed E-state index contributed by atoms with van der Waals surface area (Å²) in [6.45, 7) is 2.77. The quantitative estimate of drug-likeness (QED) is 0.0867. The van der Waals surface area contributed by atoms with Crippen molar-refractivity contribution in [2.45, 2.75) is 197 Å². The molecular formula is C47H75N7O12. The average molecular weight is 930 g/mol. The monoisotopic (exact) mass is 930 g/mol. The number of hydrogen-bond acceptors (Lipinski definition) is 12. The number of nitrogens with one attached hydrogen (secondary N) is 5. The fourth-order valence-electron chi connectivity index (χ4n) is 8.87. The van der Waals surface area contributed by atoms with Gasteiger partial charge in [-0.1, -0.05) is 96.1 Å². The van der Waals surface area contributed by atoms with Gasteiger partial charge in [0.15, 0.2) is 0 Å². The third-order valence-corrected chi connectivity index (χ3v) is 12.7. The van der Waals surface area contributed by atoms with Crippen LogP contribution in [0.5, 0.6) is 5.75 Å². The van der Waals surface area contributed by atoms with Crippen molar-refractivity contribution in [2.24, 2.45) is 0 Å². The number of phenolic OH excluding ortho intramolecular Hbond substituents is 1. The van der Waals surface area contributed by atoms with Crippen LogP contribution in [0.4, 0.5) is 0 Å². The van der Waals surface area contributed by atoms with E-state index in [1.807, 2.05) is 0 Å². The molecule has 3 aliphatic heterocycles. The lowest BCUT2D eigenvalue weighted by Gasteiger charge is -2.31. The molecule has 3 saturated heterocycles. The first-order valence-corrected chi connectivity index (χ1v) is 24.2. The Hall–Kier alpha value is -4.85. The first kappa shape index (κ1) is 53.8. The predicted molar refractivity (Wildman–Crippen MR) is 243 cm³/mol. The maximum atomic E-state index is 14.1. The molecule has 7 amide bonds. The Kier molecular flexibility index (Phi) is 22.6. The van der Waals surface area contributed by atoms with Crippen molar-refractivity contribution in [1.29, 1.82) is 0 Å². The molecule has 0 radical (unpaired) electrons. The highest BCUT2D eigenvalue weighted by Crippen LogP contribution is 2.23. The van der Waals surface area contributed by atoms with Crippen molar-refractivity contribution < 1.29 is 59.1 Å². The second-order valence-electron chi connectivity index (χ2n) is 18.2. The fourth-order valence-corrected chi connectivity index (χ4v) is 8.87. The number of fused-ring (bicyclic) bond motifs is 2. The zero-order chi connectivity index (χ0) is 48.2. The first-order chi connectivity index (χ1) is 31.6. The summed E-state index contributed by atoms with van der Waals surface area (Å²) < 4.78 is 0. The van der Waals surface area contributed by atoms with Crippen molar-refractivity contribution >= 4 is 41.4 Å². The van der Waals surface area contributed by atoms with Crippen molar-refractivity contribution in [3.05, 3.63) is 29.8 Å². The minimum absolute atomic E-state index is 0.000316. The number of benzene rings is 1. The Balaban J connectivity index is 1.49. The Morgan fingerprint density at radius 3 is 1.83 bits per heavy atom. The number of carbonyl (C=O) groups is 7. The average Bonchev–Trinajstić information content (AvgIpc) is 3.88. The number of nitrogens with zero attached hydrogens (tertiary/aromatic N) is 2. The molecule has 1 aromatic rings. The molecule has 3 fully saturated rings. The second kappa shape index (κ2) is 27.7. The Morgan fingerprint density at radius 1 is 0.712 bits per heavy atom. The first-order valence-electron chi connectivity index (χ1n) is 24.2. The van der Waals surface area contributed by atoms with E-state index < -0.39 is 96.1 Å². The molecule has 19 heteroatoms. The zero-order valence-corrected chi connectivity index (χ0v) is 38.8. The summed E-state index contributed by atoms with van der Waals surface area (Å²) in [5, 5.41) is 65.5. The van der Waals surface area contributed by atoms with E-state index in [1.54, 1.807) is 12.1 Å². The normalized spacial score (nSPS) is 26.6. The van der Waals surface area contributed by atoms with Crippen LogP contribution in [-0.4, -0.2) is 151 Å². The fraction of sp³-hybridized carbons (Fsp3) is 0.723. The molecule has 3 aliphatic rings. The van der Waals surface area contributed by atoms with Gasteiger partial charge in [0.2, 0.25) is 41.7 Å². The van der Waals surface area contributed by atoms with Gasteiger partial charge in [0.1, 0.15) is 36.0 Å². The summed E-state index contributed by atoms with van der Waals surface area (Å²) in [5.41, 5.74) is 0.659. The summed E-state index contributed by atoms with van der Waals surface area (Å²) in [6, 6.07) is -0.817. The molecule has 19 nitrogen and oxygen atoms in total. The van der Waals surface area contributed by atoms with Gasteiger partial charge in [0.25, 0.3) is 5.91 Å². The Bertz CT molecular complexity index is 1750. The molecule has 9 atom stereocenters. The number of aromatic hydroxyl groups is 1. The lowest BCUT2D eigenvalue weighted by atomic mass is 10.0. The highest BCUT2D eigenvalue weighted by molar-refractivity contribution is 5.97. The van der Waals surface area contributed by atoms with Crippen molar-refractivity contribution in [2.75, 3.05) is 19.6 Å². The number of aryl methyl sites for hydroxylation is 1. The van der Waals surface area contributed by atoms with Gasteiger partial charge in [-0.25, -0.2) is 0 Å².